The number of fused-ring (bicyclic) bond motifs is 2. The van der Waals surface area contributed by atoms with Gasteiger partial charge in [0.25, 0.3) is 0 Å². The van der Waals surface area contributed by atoms with E-state index in [9.17, 15) is 9.59 Å². The van der Waals surface area contributed by atoms with Crippen LogP contribution in [0.1, 0.15) is 33.1 Å². The van der Waals surface area contributed by atoms with E-state index in [-0.39, 0.29) is 30.1 Å². The average Bonchev–Trinajstić information content (AvgIpc) is 2.60. The van der Waals surface area contributed by atoms with Crippen LogP contribution >= 0.6 is 0 Å². The fourth-order valence-electron chi connectivity index (χ4n) is 2.93. The molecule has 4 nitrogen and oxygen atoms in total. The number of rotatable bonds is 2. The average molecular weight is 212 g/mol. The molecule has 0 unspecified atom stereocenters. The predicted molar refractivity (Wildman–Crippen MR) is 51.9 cm³/mol. The maximum Gasteiger partial charge on any atom is 0.302 e. The van der Waals surface area contributed by atoms with Crippen molar-refractivity contribution in [1.82, 2.24) is 0 Å². The van der Waals surface area contributed by atoms with Gasteiger partial charge < -0.3 is 9.47 Å². The molecule has 0 heterocycles. The zero-order valence-electron chi connectivity index (χ0n) is 9.06. The summed E-state index contributed by atoms with van der Waals surface area (Å²) in [6.07, 6.45) is 2.88. The first-order valence-electron chi connectivity index (χ1n) is 5.42. The zero-order valence-corrected chi connectivity index (χ0v) is 9.06. The number of hydrogen-bond acceptors (Lipinski definition) is 4. The fraction of sp³-hybridized carbons (Fsp3) is 0.818. The molecule has 15 heavy (non-hydrogen) atoms. The minimum absolute atomic E-state index is 0.0214. The smallest absolute Gasteiger partial charge is 0.302 e. The van der Waals surface area contributed by atoms with Gasteiger partial charge in [-0.05, 0) is 25.2 Å². The van der Waals surface area contributed by atoms with Gasteiger partial charge in [0.2, 0.25) is 0 Å². The summed E-state index contributed by atoms with van der Waals surface area (Å²) in [5.41, 5.74) is 0. The van der Waals surface area contributed by atoms with Gasteiger partial charge in [0, 0.05) is 19.8 Å². The van der Waals surface area contributed by atoms with Crippen LogP contribution in [0.25, 0.3) is 0 Å². The highest BCUT2D eigenvalue weighted by molar-refractivity contribution is 5.67. The van der Waals surface area contributed by atoms with Crippen LogP contribution in [0.15, 0.2) is 0 Å². The summed E-state index contributed by atoms with van der Waals surface area (Å²) in [6, 6.07) is 0. The van der Waals surface area contributed by atoms with Crippen molar-refractivity contribution in [3.8, 4) is 0 Å². The van der Waals surface area contributed by atoms with E-state index < -0.39 is 0 Å². The first kappa shape index (κ1) is 10.5. The summed E-state index contributed by atoms with van der Waals surface area (Å²) >= 11 is 0. The van der Waals surface area contributed by atoms with Crippen molar-refractivity contribution < 1.29 is 19.1 Å². The van der Waals surface area contributed by atoms with Crippen molar-refractivity contribution in [3.05, 3.63) is 0 Å². The number of ether oxygens (including phenoxy) is 2. The summed E-state index contributed by atoms with van der Waals surface area (Å²) in [7, 11) is 0. The molecule has 0 aromatic heterocycles. The lowest BCUT2D eigenvalue weighted by Crippen LogP contribution is -2.27. The third-order valence-electron chi connectivity index (χ3n) is 3.39. The summed E-state index contributed by atoms with van der Waals surface area (Å²) in [5, 5.41) is 0. The summed E-state index contributed by atoms with van der Waals surface area (Å²) < 4.78 is 10.5. The van der Waals surface area contributed by atoms with E-state index in [1.54, 1.807) is 0 Å². The Hall–Kier alpha value is -1.06. The van der Waals surface area contributed by atoms with Crippen LogP contribution in [0, 0.1) is 11.8 Å². The Morgan fingerprint density at radius 3 is 2.33 bits per heavy atom. The van der Waals surface area contributed by atoms with E-state index in [1.165, 1.54) is 13.8 Å². The zero-order chi connectivity index (χ0) is 11.0. The molecule has 0 N–H and O–H groups in total. The molecule has 2 bridgehead atoms. The van der Waals surface area contributed by atoms with Gasteiger partial charge in [-0.25, -0.2) is 0 Å². The molecule has 2 saturated carbocycles. The van der Waals surface area contributed by atoms with Crippen molar-refractivity contribution in [1.29, 1.82) is 0 Å². The number of carbonyl (C=O) groups excluding carboxylic acids is 2. The predicted octanol–water partition coefficient (Wildman–Crippen LogP) is 1.28. The van der Waals surface area contributed by atoms with Crippen LogP contribution in [0.4, 0.5) is 0 Å². The van der Waals surface area contributed by atoms with Crippen LogP contribution in [0.2, 0.25) is 0 Å². The van der Waals surface area contributed by atoms with Gasteiger partial charge in [-0.2, -0.15) is 0 Å². The van der Waals surface area contributed by atoms with Gasteiger partial charge in [-0.3, -0.25) is 9.59 Å². The Morgan fingerprint density at radius 2 is 1.73 bits per heavy atom. The lowest BCUT2D eigenvalue weighted by molar-refractivity contribution is -0.152. The van der Waals surface area contributed by atoms with Crippen molar-refractivity contribution in [2.75, 3.05) is 0 Å². The minimum atomic E-state index is -0.242. The highest BCUT2D eigenvalue weighted by Gasteiger charge is 2.51. The molecule has 2 aliphatic rings. The van der Waals surface area contributed by atoms with Crippen molar-refractivity contribution >= 4 is 11.9 Å². The molecule has 2 aliphatic carbocycles. The van der Waals surface area contributed by atoms with E-state index in [2.05, 4.69) is 0 Å². The van der Waals surface area contributed by atoms with E-state index >= 15 is 0 Å². The summed E-state index contributed by atoms with van der Waals surface area (Å²) in [5.74, 6) is 0.139. The molecule has 4 atom stereocenters. The van der Waals surface area contributed by atoms with Crippen LogP contribution in [-0.4, -0.2) is 24.1 Å². The number of hydrogen-bond donors (Lipinski definition) is 0. The van der Waals surface area contributed by atoms with Gasteiger partial charge in [0.1, 0.15) is 12.2 Å². The Morgan fingerprint density at radius 1 is 1.07 bits per heavy atom. The lowest BCUT2D eigenvalue weighted by Gasteiger charge is -2.21. The second-order valence-corrected chi connectivity index (χ2v) is 4.46. The standard InChI is InChI=1S/C11H16O4/c1-6(12)14-10-5-8-3-4-9(10)11(8)15-7(2)13/h8-11H,3-5H2,1-2H3/t8-,9+,10-,11+/m0/s1. The molecular weight excluding hydrogens is 196 g/mol. The maximum atomic E-state index is 10.9. The third kappa shape index (κ3) is 1.98. The molecule has 0 aromatic rings. The van der Waals surface area contributed by atoms with E-state index in [4.69, 9.17) is 9.47 Å². The Kier molecular flexibility index (Phi) is 2.67. The van der Waals surface area contributed by atoms with Gasteiger partial charge in [-0.1, -0.05) is 0 Å². The fourth-order valence-corrected chi connectivity index (χ4v) is 2.93. The van der Waals surface area contributed by atoms with Crippen LogP contribution in [-0.2, 0) is 19.1 Å². The summed E-state index contributed by atoms with van der Waals surface area (Å²) in [4.78, 5) is 21.8. The van der Waals surface area contributed by atoms with E-state index in [0.29, 0.717) is 5.92 Å². The topological polar surface area (TPSA) is 52.6 Å². The molecule has 84 valence electrons. The first-order chi connectivity index (χ1) is 7.08. The molecule has 0 saturated heterocycles. The second-order valence-electron chi connectivity index (χ2n) is 4.46. The van der Waals surface area contributed by atoms with E-state index in [1.807, 2.05) is 0 Å². The molecule has 4 heteroatoms. The van der Waals surface area contributed by atoms with Crippen molar-refractivity contribution in [2.45, 2.75) is 45.3 Å². The van der Waals surface area contributed by atoms with Crippen molar-refractivity contribution in [2.24, 2.45) is 11.8 Å². The lowest BCUT2D eigenvalue weighted by atomic mass is 9.98. The third-order valence-corrected chi connectivity index (χ3v) is 3.39. The first-order valence-corrected chi connectivity index (χ1v) is 5.42. The highest BCUT2D eigenvalue weighted by atomic mass is 16.6. The quantitative estimate of drug-likeness (QED) is 0.647. The molecule has 0 radical (unpaired) electrons. The molecule has 0 aromatic carbocycles. The monoisotopic (exact) mass is 212 g/mol. The second kappa shape index (κ2) is 3.83. The largest absolute Gasteiger partial charge is 0.462 e. The number of carbonyl (C=O) groups is 2. The molecule has 2 rings (SSSR count). The molecule has 2 fully saturated rings. The normalized spacial score (nSPS) is 37.7. The summed E-state index contributed by atoms with van der Waals surface area (Å²) in [6.45, 7) is 2.85. The molecule has 0 amide bonds. The van der Waals surface area contributed by atoms with Gasteiger partial charge in [0.15, 0.2) is 0 Å². The van der Waals surface area contributed by atoms with Crippen molar-refractivity contribution in [3.63, 3.8) is 0 Å². The minimum Gasteiger partial charge on any atom is -0.462 e. The Bertz CT molecular complexity index is 286. The SMILES string of the molecule is CC(=O)O[C@@H]1[C@H]2CC[C@@H]1[C@@H](OC(C)=O)C2. The van der Waals surface area contributed by atoms with E-state index in [0.717, 1.165) is 19.3 Å². The maximum absolute atomic E-state index is 10.9. The molecule has 0 spiro atoms. The Balaban J connectivity index is 1.99. The van der Waals surface area contributed by atoms with Gasteiger partial charge in [0.05, 0.1) is 0 Å². The van der Waals surface area contributed by atoms with Gasteiger partial charge >= 0.3 is 11.9 Å². The van der Waals surface area contributed by atoms with Crippen LogP contribution in [0.3, 0.4) is 0 Å². The Labute approximate surface area is 88.9 Å². The highest BCUT2D eigenvalue weighted by Crippen LogP contribution is 2.47. The van der Waals surface area contributed by atoms with Crippen LogP contribution < -0.4 is 0 Å². The van der Waals surface area contributed by atoms with Crippen LogP contribution in [0.5, 0.6) is 0 Å². The molecule has 0 aliphatic heterocycles. The van der Waals surface area contributed by atoms with Gasteiger partial charge in [-0.15, -0.1) is 0 Å². The number of esters is 2. The molecular formula is C11H16O4.